The number of aromatic nitrogens is 1. The van der Waals surface area contributed by atoms with E-state index in [4.69, 9.17) is 18.9 Å². The first-order chi connectivity index (χ1) is 14.3. The van der Waals surface area contributed by atoms with E-state index in [0.29, 0.717) is 34.1 Å². The summed E-state index contributed by atoms with van der Waals surface area (Å²) in [6, 6.07) is 7.16. The second-order valence-corrected chi connectivity index (χ2v) is 6.76. The molecule has 30 heavy (non-hydrogen) atoms. The predicted molar refractivity (Wildman–Crippen MR) is 115 cm³/mol. The number of carboxylic acid groups (broad SMARTS) is 1. The summed E-state index contributed by atoms with van der Waals surface area (Å²) in [6.07, 6.45) is 0. The Hall–Kier alpha value is -3.61. The summed E-state index contributed by atoms with van der Waals surface area (Å²) >= 11 is 0. The third-order valence-corrected chi connectivity index (χ3v) is 5.36. The molecule has 0 spiro atoms. The second-order valence-electron chi connectivity index (χ2n) is 6.76. The molecule has 7 nitrogen and oxygen atoms in total. The van der Waals surface area contributed by atoms with Gasteiger partial charge in [0.05, 0.1) is 34.0 Å². The molecule has 3 aromatic rings. The average Bonchev–Trinajstić information content (AvgIpc) is 3.01. The molecular weight excluding hydrogens is 386 g/mol. The van der Waals surface area contributed by atoms with Crippen LogP contribution in [0.4, 0.5) is 0 Å². The molecule has 0 aliphatic carbocycles. The Morgan fingerprint density at radius 1 is 0.933 bits per heavy atom. The van der Waals surface area contributed by atoms with Gasteiger partial charge in [-0.05, 0) is 42.3 Å². The number of methoxy groups -OCH3 is 4. The molecule has 0 atom stereocenters. The lowest BCUT2D eigenvalue weighted by Crippen LogP contribution is -2.04. The minimum atomic E-state index is -1.05. The molecule has 0 aliphatic heterocycles. The van der Waals surface area contributed by atoms with Gasteiger partial charge < -0.3 is 28.6 Å². The van der Waals surface area contributed by atoms with Crippen LogP contribution in [-0.2, 0) is 7.05 Å². The Morgan fingerprint density at radius 2 is 1.50 bits per heavy atom. The maximum atomic E-state index is 12.0. The van der Waals surface area contributed by atoms with Crippen LogP contribution in [0.5, 0.6) is 23.0 Å². The standard InChI is InChI=1S/C23H25NO6/c1-12(14-10-17(28-5)22(30-7)18(11-14)29-6)19-13(2)24(3)21-15(19)8-9-16(27-4)20(21)23(25)26/h8-11H,1H2,2-7H3,(H,25,26). The maximum Gasteiger partial charge on any atom is 0.341 e. The first kappa shape index (κ1) is 21.1. The minimum absolute atomic E-state index is 0.115. The molecule has 0 saturated carbocycles. The van der Waals surface area contributed by atoms with Gasteiger partial charge >= 0.3 is 5.97 Å². The fraction of sp³-hybridized carbons (Fsp3) is 0.261. The van der Waals surface area contributed by atoms with E-state index in [1.807, 2.05) is 36.7 Å². The van der Waals surface area contributed by atoms with E-state index in [1.165, 1.54) is 7.11 Å². The molecule has 0 saturated heterocycles. The summed E-state index contributed by atoms with van der Waals surface area (Å²) in [5, 5.41) is 10.6. The number of carboxylic acids is 1. The molecule has 1 heterocycles. The molecule has 2 aromatic carbocycles. The zero-order valence-corrected chi connectivity index (χ0v) is 18.0. The highest BCUT2D eigenvalue weighted by molar-refractivity contribution is 6.09. The van der Waals surface area contributed by atoms with Crippen LogP contribution in [-0.4, -0.2) is 44.1 Å². The van der Waals surface area contributed by atoms with E-state index >= 15 is 0 Å². The van der Waals surface area contributed by atoms with Crippen molar-refractivity contribution in [1.82, 2.24) is 4.57 Å². The van der Waals surface area contributed by atoms with Gasteiger partial charge in [-0.25, -0.2) is 4.79 Å². The number of aromatic carboxylic acids is 1. The number of hydrogen-bond donors (Lipinski definition) is 1. The summed E-state index contributed by atoms with van der Waals surface area (Å²) < 4.78 is 23.5. The van der Waals surface area contributed by atoms with Gasteiger partial charge in [-0.1, -0.05) is 6.58 Å². The Labute approximate surface area is 175 Å². The SMILES string of the molecule is C=C(c1cc(OC)c(OC)c(OC)c1)c1c(C)n(C)c2c(C(=O)O)c(OC)ccc12. The number of hydrogen-bond acceptors (Lipinski definition) is 5. The van der Waals surface area contributed by atoms with Gasteiger partial charge in [-0.3, -0.25) is 0 Å². The molecule has 1 N–H and O–H groups in total. The number of fused-ring (bicyclic) bond motifs is 1. The van der Waals surface area contributed by atoms with Crippen molar-refractivity contribution in [3.05, 3.63) is 53.2 Å². The number of ether oxygens (including phenoxy) is 4. The Kier molecular flexibility index (Phi) is 5.64. The van der Waals surface area contributed by atoms with Crippen molar-refractivity contribution in [1.29, 1.82) is 0 Å². The van der Waals surface area contributed by atoms with Crippen LogP contribution in [0.25, 0.3) is 16.5 Å². The van der Waals surface area contributed by atoms with E-state index in [1.54, 1.807) is 27.4 Å². The normalized spacial score (nSPS) is 10.7. The summed E-state index contributed by atoms with van der Waals surface area (Å²) in [7, 11) is 7.94. The van der Waals surface area contributed by atoms with E-state index in [-0.39, 0.29) is 5.56 Å². The van der Waals surface area contributed by atoms with E-state index < -0.39 is 5.97 Å². The van der Waals surface area contributed by atoms with Crippen LogP contribution in [0, 0.1) is 6.92 Å². The molecule has 0 amide bonds. The maximum absolute atomic E-state index is 12.0. The lowest BCUT2D eigenvalue weighted by molar-refractivity contribution is 0.0695. The van der Waals surface area contributed by atoms with Crippen LogP contribution in [0.15, 0.2) is 30.8 Å². The topological polar surface area (TPSA) is 79.2 Å². The van der Waals surface area contributed by atoms with Crippen LogP contribution >= 0.6 is 0 Å². The summed E-state index contributed by atoms with van der Waals surface area (Å²) in [4.78, 5) is 12.0. The molecule has 7 heteroatoms. The van der Waals surface area contributed by atoms with Crippen LogP contribution in [0.2, 0.25) is 0 Å². The Bertz CT molecular complexity index is 1130. The molecular formula is C23H25NO6. The highest BCUT2D eigenvalue weighted by atomic mass is 16.5. The van der Waals surface area contributed by atoms with E-state index in [2.05, 4.69) is 6.58 Å². The quantitative estimate of drug-likeness (QED) is 0.625. The number of carbonyl (C=O) groups is 1. The van der Waals surface area contributed by atoms with Crippen LogP contribution < -0.4 is 18.9 Å². The molecule has 0 unspecified atom stereocenters. The van der Waals surface area contributed by atoms with Gasteiger partial charge in [0.15, 0.2) is 11.5 Å². The fourth-order valence-corrected chi connectivity index (χ4v) is 3.81. The van der Waals surface area contributed by atoms with Crippen molar-refractivity contribution in [2.75, 3.05) is 28.4 Å². The minimum Gasteiger partial charge on any atom is -0.496 e. The Balaban J connectivity index is 2.31. The monoisotopic (exact) mass is 411 g/mol. The zero-order valence-electron chi connectivity index (χ0n) is 18.0. The van der Waals surface area contributed by atoms with Crippen LogP contribution in [0.1, 0.15) is 27.2 Å². The van der Waals surface area contributed by atoms with Crippen LogP contribution in [0.3, 0.4) is 0 Å². The Morgan fingerprint density at radius 3 is 1.97 bits per heavy atom. The van der Waals surface area contributed by atoms with E-state index in [9.17, 15) is 9.90 Å². The van der Waals surface area contributed by atoms with Crippen molar-refractivity contribution in [2.24, 2.45) is 7.05 Å². The molecule has 0 radical (unpaired) electrons. The third-order valence-electron chi connectivity index (χ3n) is 5.36. The van der Waals surface area contributed by atoms with Gasteiger partial charge in [0.1, 0.15) is 11.3 Å². The van der Waals surface area contributed by atoms with Gasteiger partial charge in [0, 0.05) is 23.7 Å². The van der Waals surface area contributed by atoms with Crippen molar-refractivity contribution in [3.8, 4) is 23.0 Å². The first-order valence-electron chi connectivity index (χ1n) is 9.19. The highest BCUT2D eigenvalue weighted by Crippen LogP contribution is 2.43. The third kappa shape index (κ3) is 3.12. The van der Waals surface area contributed by atoms with Gasteiger partial charge in [-0.15, -0.1) is 0 Å². The smallest absolute Gasteiger partial charge is 0.341 e. The lowest BCUT2D eigenvalue weighted by Gasteiger charge is -2.15. The molecule has 158 valence electrons. The number of nitrogens with zero attached hydrogens (tertiary/aromatic N) is 1. The van der Waals surface area contributed by atoms with Crippen molar-refractivity contribution >= 4 is 22.4 Å². The lowest BCUT2D eigenvalue weighted by atomic mass is 9.95. The summed E-state index contributed by atoms with van der Waals surface area (Å²) in [6.45, 7) is 6.23. The van der Waals surface area contributed by atoms with Gasteiger partial charge in [0.25, 0.3) is 0 Å². The summed E-state index contributed by atoms with van der Waals surface area (Å²) in [5.74, 6) is 0.769. The molecule has 0 fully saturated rings. The molecule has 1 aromatic heterocycles. The number of aryl methyl sites for hydroxylation is 1. The van der Waals surface area contributed by atoms with Gasteiger partial charge in [-0.2, -0.15) is 0 Å². The summed E-state index contributed by atoms with van der Waals surface area (Å²) in [5.41, 5.74) is 3.88. The largest absolute Gasteiger partial charge is 0.496 e. The van der Waals surface area contributed by atoms with Crippen molar-refractivity contribution < 1.29 is 28.8 Å². The predicted octanol–water partition coefficient (Wildman–Crippen LogP) is 4.28. The van der Waals surface area contributed by atoms with Crippen molar-refractivity contribution in [2.45, 2.75) is 6.92 Å². The first-order valence-corrected chi connectivity index (χ1v) is 9.19. The average molecular weight is 411 g/mol. The highest BCUT2D eigenvalue weighted by Gasteiger charge is 2.25. The zero-order chi connectivity index (χ0) is 22.2. The van der Waals surface area contributed by atoms with E-state index in [0.717, 1.165) is 22.2 Å². The van der Waals surface area contributed by atoms with Crippen molar-refractivity contribution in [3.63, 3.8) is 0 Å². The second kappa shape index (κ2) is 8.02. The number of benzene rings is 2. The molecule has 3 rings (SSSR count). The molecule has 0 bridgehead atoms. The van der Waals surface area contributed by atoms with Gasteiger partial charge in [0.2, 0.25) is 5.75 Å². The fourth-order valence-electron chi connectivity index (χ4n) is 3.81. The number of rotatable bonds is 7. The molecule has 0 aliphatic rings.